The molecule has 2 rings (SSSR count). The molecule has 5 nitrogen and oxygen atoms in total. The van der Waals surface area contributed by atoms with Crippen molar-refractivity contribution in [1.82, 2.24) is 10.2 Å². The van der Waals surface area contributed by atoms with Crippen LogP contribution < -0.4 is 15.3 Å². The number of nitrogens with one attached hydrogen (secondary N) is 2. The summed E-state index contributed by atoms with van der Waals surface area (Å²) in [6, 6.07) is 6.22. The summed E-state index contributed by atoms with van der Waals surface area (Å²) in [5, 5.41) is 10.0. The molecule has 0 aromatic heterocycles. The van der Waals surface area contributed by atoms with Gasteiger partial charge in [0.25, 0.3) is 0 Å². The lowest BCUT2D eigenvalue weighted by atomic mass is 10.0. The van der Waals surface area contributed by atoms with Gasteiger partial charge in [0.15, 0.2) is 0 Å². The van der Waals surface area contributed by atoms with Gasteiger partial charge in [-0.05, 0) is 25.5 Å². The number of hydrogen-bond acceptors (Lipinski definition) is 2. The Labute approximate surface area is 112 Å². The van der Waals surface area contributed by atoms with Crippen LogP contribution in [0.15, 0.2) is 12.1 Å². The van der Waals surface area contributed by atoms with Crippen molar-refractivity contribution in [3.8, 4) is 11.8 Å². The van der Waals surface area contributed by atoms with E-state index in [2.05, 4.69) is 11.4 Å². The average Bonchev–Trinajstić information content (AvgIpc) is 2.79. The molecule has 0 spiro atoms. The summed E-state index contributed by atoms with van der Waals surface area (Å²) < 4.78 is 5.70. The number of nitrogens with zero attached hydrogens (tertiary/aromatic N) is 1. The van der Waals surface area contributed by atoms with Gasteiger partial charge >= 0.3 is 12.1 Å². The van der Waals surface area contributed by atoms with E-state index >= 15 is 0 Å². The van der Waals surface area contributed by atoms with Crippen LogP contribution in [-0.4, -0.2) is 37.2 Å². The van der Waals surface area contributed by atoms with Crippen LogP contribution in [0.25, 0.3) is 0 Å². The molecule has 1 aliphatic rings. The van der Waals surface area contributed by atoms with Crippen molar-refractivity contribution < 1.29 is 14.8 Å². The zero-order chi connectivity index (χ0) is 13.8. The Hall–Kier alpha value is -2.22. The van der Waals surface area contributed by atoms with Crippen molar-refractivity contribution >= 4 is 6.03 Å². The number of urea groups is 1. The molecular formula is C14H18N3O2+. The van der Waals surface area contributed by atoms with Gasteiger partial charge in [-0.1, -0.05) is 11.3 Å². The second-order valence-electron chi connectivity index (χ2n) is 4.57. The van der Waals surface area contributed by atoms with Gasteiger partial charge < -0.3 is 15.0 Å². The molecule has 1 heterocycles. The minimum absolute atomic E-state index is 0.0299. The van der Waals surface area contributed by atoms with Crippen molar-refractivity contribution in [3.05, 3.63) is 28.8 Å². The molecule has 2 N–H and O–H groups in total. The topological polar surface area (TPSA) is 65.4 Å². The number of aryl methyl sites for hydroxylation is 1. The molecule has 0 bridgehead atoms. The van der Waals surface area contributed by atoms with E-state index in [1.807, 2.05) is 26.0 Å². The van der Waals surface area contributed by atoms with Crippen LogP contribution in [0.2, 0.25) is 0 Å². The molecule has 1 aromatic rings. The predicted octanol–water partition coefficient (Wildman–Crippen LogP) is -0.172. The Morgan fingerprint density at radius 3 is 2.89 bits per heavy atom. The van der Waals surface area contributed by atoms with Crippen LogP contribution in [0.1, 0.15) is 16.7 Å². The van der Waals surface area contributed by atoms with Gasteiger partial charge in [0, 0.05) is 18.7 Å². The molecule has 0 radical (unpaired) electrons. The Bertz CT molecular complexity index is 534. The van der Waals surface area contributed by atoms with E-state index in [1.165, 1.54) is 0 Å². The van der Waals surface area contributed by atoms with E-state index in [9.17, 15) is 4.79 Å². The smallest absolute Gasteiger partial charge is 0.317 e. The predicted molar refractivity (Wildman–Crippen MR) is 70.3 cm³/mol. The monoisotopic (exact) mass is 260 g/mol. The number of rotatable bonds is 4. The van der Waals surface area contributed by atoms with Crippen LogP contribution in [0, 0.1) is 19.9 Å². The van der Waals surface area contributed by atoms with E-state index in [4.69, 9.17) is 10.00 Å². The first kappa shape index (κ1) is 13.2. The van der Waals surface area contributed by atoms with E-state index in [-0.39, 0.29) is 6.03 Å². The lowest BCUT2D eigenvalue weighted by molar-refractivity contribution is -0.0910. The molecule has 1 aliphatic heterocycles. The van der Waals surface area contributed by atoms with Crippen LogP contribution >= 0.6 is 0 Å². The van der Waals surface area contributed by atoms with Crippen molar-refractivity contribution in [1.29, 1.82) is 0 Å². The average molecular weight is 260 g/mol. The first-order valence-corrected chi connectivity index (χ1v) is 6.32. The van der Waals surface area contributed by atoms with Gasteiger partial charge in [0.2, 0.25) is 0 Å². The van der Waals surface area contributed by atoms with Crippen LogP contribution in [0.5, 0.6) is 5.75 Å². The van der Waals surface area contributed by atoms with Gasteiger partial charge in [0.1, 0.15) is 17.9 Å². The summed E-state index contributed by atoms with van der Waals surface area (Å²) in [4.78, 5) is 13.1. The maximum absolute atomic E-state index is 11.4. The quantitative estimate of drug-likeness (QED) is 0.789. The molecule has 0 aliphatic carbocycles. The Morgan fingerprint density at radius 1 is 1.47 bits per heavy atom. The van der Waals surface area contributed by atoms with Gasteiger partial charge in [-0.2, -0.15) is 0 Å². The first-order valence-electron chi connectivity index (χ1n) is 6.32. The summed E-state index contributed by atoms with van der Waals surface area (Å²) in [5.41, 5.74) is 2.70. The molecule has 1 aromatic carbocycles. The van der Waals surface area contributed by atoms with Crippen LogP contribution in [-0.2, 0) is 0 Å². The number of amides is 2. The maximum atomic E-state index is 11.4. The molecule has 19 heavy (non-hydrogen) atoms. The zero-order valence-corrected chi connectivity index (χ0v) is 11.2. The zero-order valence-electron chi connectivity index (χ0n) is 11.2. The van der Waals surface area contributed by atoms with Gasteiger partial charge in [-0.15, -0.1) is 0 Å². The van der Waals surface area contributed by atoms with E-state index in [0.29, 0.717) is 19.7 Å². The lowest BCUT2D eigenvalue weighted by Gasteiger charge is -2.16. The number of hydrogen-bond donors (Lipinski definition) is 2. The second kappa shape index (κ2) is 5.61. The molecule has 1 fully saturated rings. The minimum Gasteiger partial charge on any atom is -0.491 e. The summed E-state index contributed by atoms with van der Waals surface area (Å²) in [6.07, 6.45) is 0. The van der Waals surface area contributed by atoms with Gasteiger partial charge in [-0.3, -0.25) is 0 Å². The van der Waals surface area contributed by atoms with E-state index in [0.717, 1.165) is 29.0 Å². The van der Waals surface area contributed by atoms with Gasteiger partial charge in [0.05, 0.1) is 6.54 Å². The third-order valence-corrected chi connectivity index (χ3v) is 3.31. The Balaban J connectivity index is 1.97. The molecule has 1 saturated heterocycles. The first-order chi connectivity index (χ1) is 9.13. The highest BCUT2D eigenvalue weighted by atomic mass is 16.5. The molecule has 100 valence electrons. The van der Waals surface area contributed by atoms with Crippen molar-refractivity contribution in [2.45, 2.75) is 13.8 Å². The Morgan fingerprint density at radius 2 is 2.26 bits per heavy atom. The van der Waals surface area contributed by atoms with E-state index < -0.39 is 0 Å². The molecule has 0 atom stereocenters. The largest absolute Gasteiger partial charge is 0.491 e. The second-order valence-corrected chi connectivity index (χ2v) is 4.57. The molecule has 0 unspecified atom stereocenters. The third-order valence-electron chi connectivity index (χ3n) is 3.31. The number of benzene rings is 1. The number of ether oxygens (including phenoxy) is 1. The van der Waals surface area contributed by atoms with Crippen molar-refractivity contribution in [2.24, 2.45) is 0 Å². The highest BCUT2D eigenvalue weighted by Crippen LogP contribution is 2.23. The van der Waals surface area contributed by atoms with Crippen molar-refractivity contribution in [2.75, 3.05) is 26.2 Å². The molecule has 0 saturated carbocycles. The minimum atomic E-state index is -0.0299. The lowest BCUT2D eigenvalue weighted by Crippen LogP contribution is -2.31. The fourth-order valence-electron chi connectivity index (χ4n) is 2.17. The maximum Gasteiger partial charge on any atom is 0.317 e. The summed E-state index contributed by atoms with van der Waals surface area (Å²) >= 11 is 0. The van der Waals surface area contributed by atoms with Crippen LogP contribution in [0.3, 0.4) is 0 Å². The van der Waals surface area contributed by atoms with Gasteiger partial charge in [-0.25, -0.2) is 4.79 Å². The molecular weight excluding hydrogens is 242 g/mol. The SMILES string of the molecule is Cc1ccc(OCCN2CCNC2=O)c(C)c1C#[NH+]. The summed E-state index contributed by atoms with van der Waals surface area (Å²) in [5.74, 6) is 0.750. The number of carbonyl (C=O) groups excluding carboxylic acids is 1. The highest BCUT2D eigenvalue weighted by Gasteiger charge is 2.19. The standard InChI is InChI=1S/C14H17N3O2/c1-10-3-4-13(11(2)12(10)9-15)19-8-7-17-6-5-16-14(17)18/h3-4H,5-8H2,1-2H3,(H,16,18)/p+1. The fraction of sp³-hybridized carbons (Fsp3) is 0.429. The Kier molecular flexibility index (Phi) is 3.91. The highest BCUT2D eigenvalue weighted by molar-refractivity contribution is 5.76. The molecule has 5 heteroatoms. The summed E-state index contributed by atoms with van der Waals surface area (Å²) in [6.45, 7) is 6.32. The van der Waals surface area contributed by atoms with Crippen LogP contribution in [0.4, 0.5) is 4.79 Å². The fourth-order valence-corrected chi connectivity index (χ4v) is 2.17. The van der Waals surface area contributed by atoms with Crippen molar-refractivity contribution in [3.63, 3.8) is 0 Å². The summed E-state index contributed by atoms with van der Waals surface area (Å²) in [7, 11) is 0. The number of carbonyl (C=O) groups is 1. The van der Waals surface area contributed by atoms with E-state index in [1.54, 1.807) is 4.90 Å². The third kappa shape index (κ3) is 2.79. The molecule has 2 amide bonds. The normalized spacial score (nSPS) is 14.2.